The minimum absolute atomic E-state index is 0.218. The number of hydrogen-bond acceptors (Lipinski definition) is 1. The van der Waals surface area contributed by atoms with Crippen molar-refractivity contribution >= 4 is 11.6 Å². The highest BCUT2D eigenvalue weighted by Crippen LogP contribution is 2.35. The van der Waals surface area contributed by atoms with Crippen LogP contribution in [0.2, 0.25) is 5.02 Å². The van der Waals surface area contributed by atoms with Crippen LogP contribution in [0.3, 0.4) is 0 Å². The lowest BCUT2D eigenvalue weighted by molar-refractivity contribution is -0.207. The maximum absolute atomic E-state index is 12.9. The zero-order chi connectivity index (χ0) is 11.8. The number of aliphatic hydroxyl groups is 1. The molecule has 1 nitrogen and oxygen atoms in total. The number of aliphatic hydroxyl groups excluding tert-OH is 1. The highest BCUT2D eigenvalue weighted by atomic mass is 35.5. The first-order valence-electron chi connectivity index (χ1n) is 3.62. The van der Waals surface area contributed by atoms with Crippen LogP contribution in [0.25, 0.3) is 0 Å². The third-order valence-corrected chi connectivity index (χ3v) is 1.93. The number of rotatable bonds is 1. The monoisotopic (exact) mass is 246 g/mol. The van der Waals surface area contributed by atoms with Crippen LogP contribution in [-0.4, -0.2) is 11.3 Å². The van der Waals surface area contributed by atoms with Crippen molar-refractivity contribution in [3.63, 3.8) is 0 Å². The molecule has 15 heavy (non-hydrogen) atoms. The molecule has 0 aliphatic rings. The Morgan fingerprint density at radius 2 is 1.67 bits per heavy atom. The summed E-state index contributed by atoms with van der Waals surface area (Å²) in [5.74, 6) is -2.64. The molecule has 0 unspecified atom stereocenters. The molecule has 0 aliphatic heterocycles. The summed E-state index contributed by atoms with van der Waals surface area (Å²) < 4.78 is 61.6. The molecule has 0 heterocycles. The average Bonchev–Trinajstić information content (AvgIpc) is 2.08. The zero-order valence-electron chi connectivity index (χ0n) is 6.95. The maximum atomic E-state index is 12.9. The van der Waals surface area contributed by atoms with Gasteiger partial charge in [-0.2, -0.15) is 13.2 Å². The minimum Gasteiger partial charge on any atom is -0.379 e. The van der Waals surface area contributed by atoms with Gasteiger partial charge in [0.25, 0.3) is 0 Å². The van der Waals surface area contributed by atoms with Crippen LogP contribution >= 0.6 is 11.6 Å². The average molecular weight is 247 g/mol. The molecule has 1 aromatic rings. The van der Waals surface area contributed by atoms with Crippen LogP contribution in [0.1, 0.15) is 11.7 Å². The van der Waals surface area contributed by atoms with E-state index >= 15 is 0 Å². The van der Waals surface area contributed by atoms with E-state index in [1.165, 1.54) is 0 Å². The third kappa shape index (κ3) is 2.57. The molecule has 1 atom stereocenters. The van der Waals surface area contributed by atoms with Gasteiger partial charge in [-0.05, 0) is 12.1 Å². The van der Waals surface area contributed by atoms with Crippen molar-refractivity contribution in [3.05, 3.63) is 34.4 Å². The molecule has 0 aromatic heterocycles. The van der Waals surface area contributed by atoms with Gasteiger partial charge in [-0.25, -0.2) is 8.78 Å². The number of hydrogen-bond donors (Lipinski definition) is 1. The van der Waals surface area contributed by atoms with Crippen LogP contribution in [0.5, 0.6) is 0 Å². The summed E-state index contributed by atoms with van der Waals surface area (Å²) in [5.41, 5.74) is -1.19. The topological polar surface area (TPSA) is 20.2 Å². The van der Waals surface area contributed by atoms with Gasteiger partial charge >= 0.3 is 6.18 Å². The molecule has 1 aromatic carbocycles. The Balaban J connectivity index is 3.21. The fourth-order valence-electron chi connectivity index (χ4n) is 0.924. The molecule has 0 bridgehead atoms. The SMILES string of the molecule is O[C@H](c1cc(F)c(Cl)cc1F)C(F)(F)F. The van der Waals surface area contributed by atoms with Gasteiger partial charge in [-0.15, -0.1) is 0 Å². The molecule has 1 rings (SSSR count). The molecule has 1 N–H and O–H groups in total. The van der Waals surface area contributed by atoms with E-state index < -0.39 is 34.5 Å². The van der Waals surface area contributed by atoms with Crippen LogP contribution in [0, 0.1) is 11.6 Å². The molecule has 0 saturated heterocycles. The largest absolute Gasteiger partial charge is 0.418 e. The molecular formula is C8H4ClF5O. The van der Waals surface area contributed by atoms with Gasteiger partial charge < -0.3 is 5.11 Å². The Hall–Kier alpha value is -0.880. The summed E-state index contributed by atoms with van der Waals surface area (Å²) in [6, 6.07) is 0.594. The van der Waals surface area contributed by atoms with Crippen molar-refractivity contribution in [2.24, 2.45) is 0 Å². The molecule has 0 fully saturated rings. The molecule has 7 heteroatoms. The van der Waals surface area contributed by atoms with Gasteiger partial charge in [0.05, 0.1) is 5.02 Å². The Morgan fingerprint density at radius 3 is 2.13 bits per heavy atom. The van der Waals surface area contributed by atoms with Crippen molar-refractivity contribution in [2.45, 2.75) is 12.3 Å². The number of halogens is 6. The predicted octanol–water partition coefficient (Wildman–Crippen LogP) is 3.21. The number of alkyl halides is 3. The van der Waals surface area contributed by atoms with E-state index in [0.29, 0.717) is 6.07 Å². The van der Waals surface area contributed by atoms with Gasteiger partial charge in [0.2, 0.25) is 0 Å². The van der Waals surface area contributed by atoms with Gasteiger partial charge in [0.1, 0.15) is 11.6 Å². The van der Waals surface area contributed by atoms with Crippen molar-refractivity contribution < 1.29 is 27.1 Å². The summed E-state index contributed by atoms with van der Waals surface area (Å²) in [7, 11) is 0. The van der Waals surface area contributed by atoms with E-state index in [1.54, 1.807) is 0 Å². The fraction of sp³-hybridized carbons (Fsp3) is 0.250. The van der Waals surface area contributed by atoms with Gasteiger partial charge in [-0.3, -0.25) is 0 Å². The van der Waals surface area contributed by atoms with Crippen molar-refractivity contribution in [1.82, 2.24) is 0 Å². The van der Waals surface area contributed by atoms with Crippen LogP contribution in [0.15, 0.2) is 12.1 Å². The smallest absolute Gasteiger partial charge is 0.379 e. The summed E-state index contributed by atoms with van der Waals surface area (Å²) in [5, 5.41) is 8.03. The quantitative estimate of drug-likeness (QED) is 0.596. The second kappa shape index (κ2) is 3.94. The normalized spacial score (nSPS) is 14.1. The first-order chi connectivity index (χ1) is 6.73. The molecule has 0 amide bonds. The molecular weight excluding hydrogens is 243 g/mol. The van der Waals surface area contributed by atoms with E-state index in [9.17, 15) is 22.0 Å². The van der Waals surface area contributed by atoms with Crippen LogP contribution < -0.4 is 0 Å². The molecule has 0 radical (unpaired) electrons. The maximum Gasteiger partial charge on any atom is 0.418 e. The van der Waals surface area contributed by atoms with E-state index in [-0.39, 0.29) is 6.07 Å². The van der Waals surface area contributed by atoms with Crippen LogP contribution in [-0.2, 0) is 0 Å². The Labute approximate surface area is 86.1 Å². The zero-order valence-corrected chi connectivity index (χ0v) is 7.70. The van der Waals surface area contributed by atoms with Crippen molar-refractivity contribution in [1.29, 1.82) is 0 Å². The third-order valence-electron chi connectivity index (χ3n) is 1.64. The highest BCUT2D eigenvalue weighted by Gasteiger charge is 2.41. The first-order valence-corrected chi connectivity index (χ1v) is 4.00. The van der Waals surface area contributed by atoms with E-state index in [1.807, 2.05) is 0 Å². The van der Waals surface area contributed by atoms with Gasteiger partial charge in [0, 0.05) is 5.56 Å². The van der Waals surface area contributed by atoms with Crippen molar-refractivity contribution in [2.75, 3.05) is 0 Å². The summed E-state index contributed by atoms with van der Waals surface area (Å²) in [4.78, 5) is 0. The van der Waals surface area contributed by atoms with E-state index in [2.05, 4.69) is 0 Å². The van der Waals surface area contributed by atoms with Crippen LogP contribution in [0.4, 0.5) is 22.0 Å². The first kappa shape index (κ1) is 12.2. The fourth-order valence-corrected chi connectivity index (χ4v) is 1.07. The molecule has 84 valence electrons. The summed E-state index contributed by atoms with van der Waals surface area (Å²) in [6.07, 6.45) is -8.12. The van der Waals surface area contributed by atoms with Gasteiger partial charge in [0.15, 0.2) is 6.10 Å². The molecule has 0 aliphatic carbocycles. The summed E-state index contributed by atoms with van der Waals surface area (Å²) in [6.45, 7) is 0. The lowest BCUT2D eigenvalue weighted by atomic mass is 10.1. The Bertz CT molecular complexity index is 376. The molecule has 0 spiro atoms. The lowest BCUT2D eigenvalue weighted by Gasteiger charge is -2.15. The van der Waals surface area contributed by atoms with Gasteiger partial charge in [-0.1, -0.05) is 11.6 Å². The standard InChI is InChI=1S/C8H4ClF5O/c9-4-2-5(10)3(1-6(4)11)7(15)8(12,13)14/h1-2,7,15H/t7-/m1/s1. The highest BCUT2D eigenvalue weighted by molar-refractivity contribution is 6.30. The Kier molecular flexibility index (Phi) is 3.20. The number of benzene rings is 1. The lowest BCUT2D eigenvalue weighted by Crippen LogP contribution is -2.21. The van der Waals surface area contributed by atoms with E-state index in [0.717, 1.165) is 0 Å². The van der Waals surface area contributed by atoms with E-state index in [4.69, 9.17) is 16.7 Å². The van der Waals surface area contributed by atoms with Crippen molar-refractivity contribution in [3.8, 4) is 0 Å². The second-order valence-electron chi connectivity index (χ2n) is 2.73. The minimum atomic E-state index is -5.05. The molecule has 0 saturated carbocycles. The predicted molar refractivity (Wildman–Crippen MR) is 42.4 cm³/mol. The second-order valence-corrected chi connectivity index (χ2v) is 3.14. The Morgan fingerprint density at radius 1 is 1.13 bits per heavy atom. The summed E-state index contributed by atoms with van der Waals surface area (Å²) >= 11 is 5.13.